The van der Waals surface area contributed by atoms with E-state index in [0.29, 0.717) is 5.56 Å². The van der Waals surface area contributed by atoms with Gasteiger partial charge in [0.25, 0.3) is 5.91 Å². The first kappa shape index (κ1) is 20.2. The molecule has 0 unspecified atom stereocenters. The van der Waals surface area contributed by atoms with Crippen molar-refractivity contribution in [1.29, 1.82) is 0 Å². The number of rotatable bonds is 5. The molecule has 0 aliphatic carbocycles. The molecule has 6 N–H and O–H groups in total. The summed E-state index contributed by atoms with van der Waals surface area (Å²) in [7, 11) is -3.63. The van der Waals surface area contributed by atoms with Crippen molar-refractivity contribution in [3.05, 3.63) is 47.9 Å². The first-order valence-corrected chi connectivity index (χ1v) is 10.9. The number of aromatic nitrogens is 5. The minimum absolute atomic E-state index is 0.00869. The van der Waals surface area contributed by atoms with E-state index in [1.54, 1.807) is 18.3 Å². The molecule has 4 rings (SSSR count). The number of nitrogen functional groups attached to an aromatic ring is 1. The number of amides is 1. The number of primary amides is 1. The van der Waals surface area contributed by atoms with Gasteiger partial charge >= 0.3 is 0 Å². The summed E-state index contributed by atoms with van der Waals surface area (Å²) in [6.07, 6.45) is 4.04. The van der Waals surface area contributed by atoms with Crippen molar-refractivity contribution >= 4 is 38.3 Å². The number of sulfonamides is 1. The number of fused-ring (bicyclic) bond motifs is 1. The van der Waals surface area contributed by atoms with Gasteiger partial charge in [0.05, 0.1) is 34.9 Å². The van der Waals surface area contributed by atoms with Gasteiger partial charge in [-0.3, -0.25) is 14.6 Å². The van der Waals surface area contributed by atoms with Crippen molar-refractivity contribution in [3.8, 4) is 22.6 Å². The molecule has 0 radical (unpaired) electrons. The molecule has 0 atom stereocenters. The number of carbonyl (C=O) groups excluding carboxylic acids is 1. The fraction of sp³-hybridized carbons (Fsp3) is 0.105. The van der Waals surface area contributed by atoms with Crippen molar-refractivity contribution < 1.29 is 13.2 Å². The molecule has 31 heavy (non-hydrogen) atoms. The lowest BCUT2D eigenvalue weighted by molar-refractivity contribution is 0.0996. The number of aryl methyl sites for hydroxylation is 1. The summed E-state index contributed by atoms with van der Waals surface area (Å²) in [4.78, 5) is 25.0. The Hall–Kier alpha value is -4.06. The van der Waals surface area contributed by atoms with Gasteiger partial charge in [-0.25, -0.2) is 23.4 Å². The van der Waals surface area contributed by atoms with E-state index >= 15 is 0 Å². The SMILES string of the molecule is Cc1ccc2[nH]ncc2c1-c1nc(-c2cccnc2NS(C)(=O)=O)nc(C(N)=O)c1N. The van der Waals surface area contributed by atoms with E-state index in [1.807, 2.05) is 19.1 Å². The van der Waals surface area contributed by atoms with Gasteiger partial charge in [-0.15, -0.1) is 0 Å². The predicted molar refractivity (Wildman–Crippen MR) is 116 cm³/mol. The molecule has 0 aliphatic rings. The number of pyridine rings is 1. The summed E-state index contributed by atoms with van der Waals surface area (Å²) in [5.74, 6) is -0.799. The summed E-state index contributed by atoms with van der Waals surface area (Å²) in [5.41, 5.74) is 14.4. The van der Waals surface area contributed by atoms with E-state index in [9.17, 15) is 13.2 Å². The normalized spacial score (nSPS) is 11.5. The molecule has 3 heterocycles. The quantitative estimate of drug-likeness (QED) is 0.361. The molecule has 0 aliphatic heterocycles. The van der Waals surface area contributed by atoms with Crippen LogP contribution in [-0.4, -0.2) is 45.7 Å². The molecule has 0 bridgehead atoms. The fourth-order valence-corrected chi connectivity index (χ4v) is 3.77. The molecule has 3 aromatic heterocycles. The fourth-order valence-electron chi connectivity index (χ4n) is 3.25. The van der Waals surface area contributed by atoms with Gasteiger partial charge in [0.1, 0.15) is 0 Å². The van der Waals surface area contributed by atoms with Gasteiger partial charge in [0.2, 0.25) is 10.0 Å². The minimum Gasteiger partial charge on any atom is -0.395 e. The van der Waals surface area contributed by atoms with Crippen LogP contribution >= 0.6 is 0 Å². The summed E-state index contributed by atoms with van der Waals surface area (Å²) in [5, 5.41) is 7.69. The van der Waals surface area contributed by atoms with Crippen LogP contribution in [0.3, 0.4) is 0 Å². The van der Waals surface area contributed by atoms with Crippen LogP contribution in [0.4, 0.5) is 11.5 Å². The molecule has 0 fully saturated rings. The largest absolute Gasteiger partial charge is 0.395 e. The number of hydrogen-bond donors (Lipinski definition) is 4. The molecule has 1 aromatic carbocycles. The number of anilines is 2. The highest BCUT2D eigenvalue weighted by Gasteiger charge is 2.23. The lowest BCUT2D eigenvalue weighted by Gasteiger charge is -2.15. The standard InChI is InChI=1S/C19H18N8O3S/c1-9-5-6-12-11(8-23-26-12)13(9)15-14(20)16(17(21)28)25-19(24-15)10-4-3-7-22-18(10)27-31(2,29)30/h3-8H,20H2,1-2H3,(H2,21,28)(H,22,27)(H,23,26). The van der Waals surface area contributed by atoms with Crippen LogP contribution in [0.1, 0.15) is 16.1 Å². The second kappa shape index (κ2) is 7.32. The van der Waals surface area contributed by atoms with Gasteiger partial charge in [-0.2, -0.15) is 5.10 Å². The highest BCUT2D eigenvalue weighted by atomic mass is 32.2. The highest BCUT2D eigenvalue weighted by Crippen LogP contribution is 2.36. The van der Waals surface area contributed by atoms with E-state index in [1.165, 1.54) is 6.20 Å². The first-order valence-electron chi connectivity index (χ1n) is 8.99. The Balaban J connectivity index is 2.04. The van der Waals surface area contributed by atoms with E-state index in [-0.39, 0.29) is 34.3 Å². The third kappa shape index (κ3) is 3.75. The van der Waals surface area contributed by atoms with Crippen molar-refractivity contribution in [3.63, 3.8) is 0 Å². The van der Waals surface area contributed by atoms with Gasteiger partial charge in [-0.1, -0.05) is 6.07 Å². The van der Waals surface area contributed by atoms with Crippen LogP contribution in [0, 0.1) is 6.92 Å². The summed E-state index contributed by atoms with van der Waals surface area (Å²) in [6.45, 7) is 1.87. The van der Waals surface area contributed by atoms with Crippen LogP contribution in [-0.2, 0) is 10.0 Å². The van der Waals surface area contributed by atoms with E-state index in [0.717, 1.165) is 22.7 Å². The summed E-state index contributed by atoms with van der Waals surface area (Å²) < 4.78 is 25.9. The minimum atomic E-state index is -3.63. The second-order valence-electron chi connectivity index (χ2n) is 6.88. The van der Waals surface area contributed by atoms with Crippen LogP contribution in [0.25, 0.3) is 33.5 Å². The Bertz CT molecular complexity index is 1450. The van der Waals surface area contributed by atoms with Crippen molar-refractivity contribution in [1.82, 2.24) is 25.1 Å². The lowest BCUT2D eigenvalue weighted by atomic mass is 9.99. The Morgan fingerprint density at radius 1 is 1.19 bits per heavy atom. The average Bonchev–Trinajstić information content (AvgIpc) is 3.16. The number of H-pyrrole nitrogens is 1. The van der Waals surface area contributed by atoms with Gasteiger partial charge < -0.3 is 11.5 Å². The van der Waals surface area contributed by atoms with E-state index in [4.69, 9.17) is 11.5 Å². The Morgan fingerprint density at radius 2 is 1.97 bits per heavy atom. The topological polar surface area (TPSA) is 183 Å². The van der Waals surface area contributed by atoms with E-state index in [2.05, 4.69) is 29.9 Å². The Kier molecular flexibility index (Phi) is 4.78. The summed E-state index contributed by atoms with van der Waals surface area (Å²) in [6, 6.07) is 6.89. The zero-order valence-electron chi connectivity index (χ0n) is 16.5. The smallest absolute Gasteiger partial charge is 0.269 e. The maximum absolute atomic E-state index is 12.1. The maximum atomic E-state index is 12.1. The number of benzene rings is 1. The zero-order valence-corrected chi connectivity index (χ0v) is 17.4. The third-order valence-electron chi connectivity index (χ3n) is 4.58. The molecule has 12 heteroatoms. The molecule has 4 aromatic rings. The highest BCUT2D eigenvalue weighted by molar-refractivity contribution is 7.92. The predicted octanol–water partition coefficient (Wildman–Crippen LogP) is 1.44. The van der Waals surface area contributed by atoms with Crippen molar-refractivity contribution in [2.75, 3.05) is 16.7 Å². The maximum Gasteiger partial charge on any atom is 0.269 e. The monoisotopic (exact) mass is 438 g/mol. The van der Waals surface area contributed by atoms with Gasteiger partial charge in [-0.05, 0) is 30.7 Å². The zero-order chi connectivity index (χ0) is 22.3. The lowest BCUT2D eigenvalue weighted by Crippen LogP contribution is -2.18. The molecule has 11 nitrogen and oxygen atoms in total. The average molecular weight is 438 g/mol. The van der Waals surface area contributed by atoms with E-state index < -0.39 is 15.9 Å². The van der Waals surface area contributed by atoms with Crippen LogP contribution < -0.4 is 16.2 Å². The number of nitrogens with one attached hydrogen (secondary N) is 2. The number of nitrogens with zero attached hydrogens (tertiary/aromatic N) is 4. The molecule has 0 spiro atoms. The first-order chi connectivity index (χ1) is 14.7. The molecule has 158 valence electrons. The number of carbonyl (C=O) groups is 1. The van der Waals surface area contributed by atoms with Crippen LogP contribution in [0.2, 0.25) is 0 Å². The molecule has 0 saturated heterocycles. The number of aromatic amines is 1. The second-order valence-corrected chi connectivity index (χ2v) is 8.63. The van der Waals surface area contributed by atoms with Crippen molar-refractivity contribution in [2.24, 2.45) is 5.73 Å². The molecular formula is C19H18N8O3S. The van der Waals surface area contributed by atoms with Crippen molar-refractivity contribution in [2.45, 2.75) is 6.92 Å². The Labute approximate surface area is 177 Å². The Morgan fingerprint density at radius 3 is 2.68 bits per heavy atom. The van der Waals surface area contributed by atoms with Gasteiger partial charge in [0, 0.05) is 17.1 Å². The third-order valence-corrected chi connectivity index (χ3v) is 5.14. The van der Waals surface area contributed by atoms with Crippen LogP contribution in [0.5, 0.6) is 0 Å². The molecule has 0 saturated carbocycles. The number of hydrogen-bond acceptors (Lipinski definition) is 8. The summed E-state index contributed by atoms with van der Waals surface area (Å²) >= 11 is 0. The van der Waals surface area contributed by atoms with Crippen LogP contribution in [0.15, 0.2) is 36.7 Å². The number of nitrogens with two attached hydrogens (primary N) is 2. The molecular weight excluding hydrogens is 420 g/mol. The van der Waals surface area contributed by atoms with Gasteiger partial charge in [0.15, 0.2) is 17.3 Å². The molecule has 1 amide bonds.